The van der Waals surface area contributed by atoms with Crippen molar-refractivity contribution >= 4 is 35.4 Å². The van der Waals surface area contributed by atoms with Crippen molar-refractivity contribution < 1.29 is 23.9 Å². The highest BCUT2D eigenvalue weighted by Crippen LogP contribution is 2.11. The molecule has 0 aliphatic rings. The quantitative estimate of drug-likeness (QED) is 0.696. The molecule has 1 aromatic carbocycles. The molecule has 7 nitrogen and oxygen atoms in total. The molecule has 0 aliphatic carbocycles. The number of methoxy groups -OCH3 is 1. The van der Waals surface area contributed by atoms with E-state index in [1.165, 1.54) is 7.11 Å². The van der Waals surface area contributed by atoms with Gasteiger partial charge in [0.15, 0.2) is 0 Å². The number of rotatable bonds is 8. The van der Waals surface area contributed by atoms with Crippen LogP contribution in [0.1, 0.15) is 23.7 Å². The van der Waals surface area contributed by atoms with Gasteiger partial charge in [0.05, 0.1) is 13.7 Å². The van der Waals surface area contributed by atoms with E-state index in [2.05, 4.69) is 10.6 Å². The molecule has 0 heterocycles. The zero-order chi connectivity index (χ0) is 17.9. The first kappa shape index (κ1) is 19.8. The van der Waals surface area contributed by atoms with E-state index in [0.29, 0.717) is 17.7 Å². The minimum absolute atomic E-state index is 0.275. The van der Waals surface area contributed by atoms with Gasteiger partial charge in [-0.1, -0.05) is 0 Å². The number of ether oxygens (including phenoxy) is 2. The summed E-state index contributed by atoms with van der Waals surface area (Å²) in [5, 5.41) is 5.20. The van der Waals surface area contributed by atoms with Gasteiger partial charge in [0.25, 0.3) is 5.91 Å². The minimum Gasteiger partial charge on any atom is -0.467 e. The van der Waals surface area contributed by atoms with Crippen LogP contribution in [0.3, 0.4) is 0 Å². The molecule has 132 valence electrons. The number of hydrogen-bond acceptors (Lipinski definition) is 6. The fraction of sp³-hybridized carbons (Fsp3) is 0.438. The molecule has 0 radical (unpaired) electrons. The lowest BCUT2D eigenvalue weighted by atomic mass is 10.1. The van der Waals surface area contributed by atoms with Crippen molar-refractivity contribution in [3.8, 4) is 0 Å². The van der Waals surface area contributed by atoms with E-state index in [9.17, 15) is 14.4 Å². The molecule has 24 heavy (non-hydrogen) atoms. The summed E-state index contributed by atoms with van der Waals surface area (Å²) in [7, 11) is 1.29. The molecule has 2 N–H and O–H groups in total. The highest BCUT2D eigenvalue weighted by molar-refractivity contribution is 7.98. The predicted octanol–water partition coefficient (Wildman–Crippen LogP) is 2.28. The van der Waals surface area contributed by atoms with Gasteiger partial charge in [-0.15, -0.1) is 0 Å². The number of carbonyl (C=O) groups is 3. The van der Waals surface area contributed by atoms with Crippen LogP contribution in [0, 0.1) is 0 Å². The Labute approximate surface area is 145 Å². The largest absolute Gasteiger partial charge is 0.467 e. The smallest absolute Gasteiger partial charge is 0.411 e. The van der Waals surface area contributed by atoms with Gasteiger partial charge in [0.1, 0.15) is 6.04 Å². The first-order valence-corrected chi connectivity index (χ1v) is 8.82. The van der Waals surface area contributed by atoms with Gasteiger partial charge >= 0.3 is 12.1 Å². The number of carbonyl (C=O) groups excluding carboxylic acids is 3. The number of hydrogen-bond donors (Lipinski definition) is 2. The fourth-order valence-electron chi connectivity index (χ4n) is 1.86. The Hall–Kier alpha value is -2.22. The molecular weight excluding hydrogens is 332 g/mol. The van der Waals surface area contributed by atoms with Crippen molar-refractivity contribution in [3.63, 3.8) is 0 Å². The van der Waals surface area contributed by atoms with Crippen molar-refractivity contribution in [2.45, 2.75) is 19.4 Å². The average Bonchev–Trinajstić information content (AvgIpc) is 2.58. The molecular formula is C16H22N2O5S. The number of anilines is 1. The SMILES string of the molecule is CCOC(=O)Nc1ccc(C(=O)N[C@@H](CCSC)C(=O)OC)cc1. The normalized spacial score (nSPS) is 11.3. The van der Waals surface area contributed by atoms with Crippen molar-refractivity contribution in [3.05, 3.63) is 29.8 Å². The Morgan fingerprint density at radius 3 is 2.42 bits per heavy atom. The van der Waals surface area contributed by atoms with E-state index in [1.807, 2.05) is 6.26 Å². The van der Waals surface area contributed by atoms with E-state index >= 15 is 0 Å². The second-order valence-corrected chi connectivity index (χ2v) is 5.74. The Bertz CT molecular complexity index is 562. The molecule has 8 heteroatoms. The lowest BCUT2D eigenvalue weighted by Gasteiger charge is -2.16. The van der Waals surface area contributed by atoms with Crippen LogP contribution in [0.25, 0.3) is 0 Å². The van der Waals surface area contributed by atoms with Crippen molar-refractivity contribution in [2.24, 2.45) is 0 Å². The lowest BCUT2D eigenvalue weighted by molar-refractivity contribution is -0.142. The fourth-order valence-corrected chi connectivity index (χ4v) is 2.33. The molecule has 0 fully saturated rings. The number of esters is 1. The van der Waals surface area contributed by atoms with E-state index < -0.39 is 18.1 Å². The summed E-state index contributed by atoms with van der Waals surface area (Å²) < 4.78 is 9.48. The maximum absolute atomic E-state index is 12.2. The van der Waals surface area contributed by atoms with Crippen LogP contribution in [-0.4, -0.2) is 49.7 Å². The molecule has 0 spiro atoms. The van der Waals surface area contributed by atoms with E-state index in [-0.39, 0.29) is 12.5 Å². The standard InChI is InChI=1S/C16H22N2O5S/c1-4-23-16(21)17-12-7-5-11(6-8-12)14(19)18-13(9-10-24-3)15(20)22-2/h5-8,13H,4,9-10H2,1-3H3,(H,17,21)(H,18,19)/t13-/m0/s1. The highest BCUT2D eigenvalue weighted by Gasteiger charge is 2.21. The van der Waals surface area contributed by atoms with Gasteiger partial charge in [-0.05, 0) is 49.6 Å². The van der Waals surface area contributed by atoms with Crippen molar-refractivity contribution in [1.82, 2.24) is 5.32 Å². The molecule has 2 amide bonds. The van der Waals surface area contributed by atoms with Gasteiger partial charge in [-0.3, -0.25) is 10.1 Å². The van der Waals surface area contributed by atoms with Crippen LogP contribution in [0.4, 0.5) is 10.5 Å². The summed E-state index contributed by atoms with van der Waals surface area (Å²) in [6.07, 6.45) is 1.85. The first-order chi connectivity index (χ1) is 11.5. The Kier molecular flexibility index (Phi) is 8.70. The number of nitrogens with one attached hydrogen (secondary N) is 2. The molecule has 0 aliphatic heterocycles. The molecule has 0 unspecified atom stereocenters. The molecule has 1 aromatic rings. The van der Waals surface area contributed by atoms with Crippen LogP contribution in [0.5, 0.6) is 0 Å². The molecule has 0 saturated carbocycles. The van der Waals surface area contributed by atoms with Gasteiger partial charge < -0.3 is 14.8 Å². The van der Waals surface area contributed by atoms with Gasteiger partial charge in [0, 0.05) is 11.3 Å². The summed E-state index contributed by atoms with van der Waals surface area (Å²) in [6, 6.07) is 5.59. The minimum atomic E-state index is -0.688. The Balaban J connectivity index is 2.69. The summed E-state index contributed by atoms with van der Waals surface area (Å²) in [5.74, 6) is -0.130. The predicted molar refractivity (Wildman–Crippen MR) is 93.4 cm³/mol. The second kappa shape index (κ2) is 10.5. The highest BCUT2D eigenvalue weighted by atomic mass is 32.2. The van der Waals surface area contributed by atoms with E-state index in [0.717, 1.165) is 5.75 Å². The maximum atomic E-state index is 12.2. The maximum Gasteiger partial charge on any atom is 0.411 e. The van der Waals surface area contributed by atoms with Crippen LogP contribution >= 0.6 is 11.8 Å². The third-order valence-electron chi connectivity index (χ3n) is 3.07. The zero-order valence-corrected chi connectivity index (χ0v) is 14.8. The summed E-state index contributed by atoms with van der Waals surface area (Å²) in [6.45, 7) is 1.99. The van der Waals surface area contributed by atoms with E-state index in [1.54, 1.807) is 43.0 Å². The average molecular weight is 354 g/mol. The second-order valence-electron chi connectivity index (χ2n) is 4.75. The van der Waals surface area contributed by atoms with Gasteiger partial charge in [-0.25, -0.2) is 9.59 Å². The lowest BCUT2D eigenvalue weighted by Crippen LogP contribution is -2.41. The monoisotopic (exact) mass is 354 g/mol. The Morgan fingerprint density at radius 2 is 1.88 bits per heavy atom. The summed E-state index contributed by atoms with van der Waals surface area (Å²) in [4.78, 5) is 35.3. The van der Waals surface area contributed by atoms with Crippen molar-refractivity contribution in [2.75, 3.05) is 31.0 Å². The third-order valence-corrected chi connectivity index (χ3v) is 3.71. The molecule has 0 aromatic heterocycles. The van der Waals surface area contributed by atoms with Crippen molar-refractivity contribution in [1.29, 1.82) is 0 Å². The van der Waals surface area contributed by atoms with Crippen LogP contribution in [0.2, 0.25) is 0 Å². The molecule has 0 saturated heterocycles. The summed E-state index contributed by atoms with van der Waals surface area (Å²) >= 11 is 1.58. The number of benzene rings is 1. The first-order valence-electron chi connectivity index (χ1n) is 7.43. The number of thioether (sulfide) groups is 1. The van der Waals surface area contributed by atoms with Crippen LogP contribution in [-0.2, 0) is 14.3 Å². The molecule has 0 bridgehead atoms. The summed E-state index contributed by atoms with van der Waals surface area (Å²) in [5.41, 5.74) is 0.888. The van der Waals surface area contributed by atoms with Gasteiger partial charge in [-0.2, -0.15) is 11.8 Å². The topological polar surface area (TPSA) is 93.7 Å². The number of amides is 2. The van der Waals surface area contributed by atoms with Crippen LogP contribution in [0.15, 0.2) is 24.3 Å². The zero-order valence-electron chi connectivity index (χ0n) is 14.0. The van der Waals surface area contributed by atoms with Crippen LogP contribution < -0.4 is 10.6 Å². The molecule has 1 atom stereocenters. The third kappa shape index (κ3) is 6.49. The molecule has 1 rings (SSSR count). The van der Waals surface area contributed by atoms with Gasteiger partial charge in [0.2, 0.25) is 0 Å². The van der Waals surface area contributed by atoms with E-state index in [4.69, 9.17) is 9.47 Å². The Morgan fingerprint density at radius 1 is 1.21 bits per heavy atom.